The highest BCUT2D eigenvalue weighted by Crippen LogP contribution is 2.37. The van der Waals surface area contributed by atoms with Crippen LogP contribution in [0, 0.1) is 0 Å². The van der Waals surface area contributed by atoms with Crippen LogP contribution in [0.15, 0.2) is 77.5 Å². The van der Waals surface area contributed by atoms with E-state index in [2.05, 4.69) is 15.4 Å². The molecule has 182 valence electrons. The standard InChI is InChI=1S/C25H16Cl3N3O5/c1-36-25(35)14-7-11-16(12-8-14)30-22(32)13-5-9-15(10-6-13)29-21-20(28)23(33)31(24(21)34)18-4-2-3-17(26)19(18)27/h2-12,29H,1H3,(H,30,32). The summed E-state index contributed by atoms with van der Waals surface area (Å²) in [4.78, 5) is 50.6. The van der Waals surface area contributed by atoms with Crippen LogP contribution in [0.3, 0.4) is 0 Å². The monoisotopic (exact) mass is 543 g/mol. The molecule has 36 heavy (non-hydrogen) atoms. The molecule has 3 aromatic carbocycles. The van der Waals surface area contributed by atoms with Gasteiger partial charge >= 0.3 is 5.97 Å². The van der Waals surface area contributed by atoms with Crippen molar-refractivity contribution in [2.75, 3.05) is 22.6 Å². The molecule has 1 aliphatic rings. The maximum atomic E-state index is 13.0. The average Bonchev–Trinajstić information content (AvgIpc) is 3.09. The number of benzene rings is 3. The van der Waals surface area contributed by atoms with Crippen LogP contribution in [0.5, 0.6) is 0 Å². The molecule has 8 nitrogen and oxygen atoms in total. The first-order valence-electron chi connectivity index (χ1n) is 10.3. The van der Waals surface area contributed by atoms with Crippen LogP contribution >= 0.6 is 34.8 Å². The van der Waals surface area contributed by atoms with Gasteiger partial charge in [0.1, 0.15) is 10.7 Å². The minimum atomic E-state index is -0.748. The topological polar surface area (TPSA) is 105 Å². The zero-order chi connectivity index (χ0) is 26.0. The van der Waals surface area contributed by atoms with E-state index < -0.39 is 23.7 Å². The number of ether oxygens (including phenoxy) is 1. The van der Waals surface area contributed by atoms with Crippen LogP contribution in [0.2, 0.25) is 10.0 Å². The van der Waals surface area contributed by atoms with Gasteiger partial charge in [0.25, 0.3) is 17.7 Å². The van der Waals surface area contributed by atoms with Gasteiger partial charge in [0.2, 0.25) is 0 Å². The molecule has 1 aliphatic heterocycles. The molecule has 3 amide bonds. The third-order valence-electron chi connectivity index (χ3n) is 5.18. The summed E-state index contributed by atoms with van der Waals surface area (Å²) < 4.78 is 4.65. The van der Waals surface area contributed by atoms with Crippen LogP contribution in [-0.2, 0) is 14.3 Å². The minimum Gasteiger partial charge on any atom is -0.465 e. The average molecular weight is 545 g/mol. The van der Waals surface area contributed by atoms with E-state index in [4.69, 9.17) is 34.8 Å². The number of hydrogen-bond acceptors (Lipinski definition) is 6. The number of imide groups is 1. The van der Waals surface area contributed by atoms with Crippen LogP contribution < -0.4 is 15.5 Å². The van der Waals surface area contributed by atoms with Gasteiger partial charge < -0.3 is 15.4 Å². The second kappa shape index (κ2) is 10.4. The molecule has 0 aliphatic carbocycles. The quantitative estimate of drug-likeness (QED) is 0.315. The maximum absolute atomic E-state index is 13.0. The summed E-state index contributed by atoms with van der Waals surface area (Å²) in [6.45, 7) is 0. The lowest BCUT2D eigenvalue weighted by Gasteiger charge is -2.17. The van der Waals surface area contributed by atoms with Crippen molar-refractivity contribution in [2.24, 2.45) is 0 Å². The summed E-state index contributed by atoms with van der Waals surface area (Å²) in [5, 5.41) is 5.46. The molecule has 4 rings (SSSR count). The highest BCUT2D eigenvalue weighted by molar-refractivity contribution is 6.54. The predicted molar refractivity (Wildman–Crippen MR) is 138 cm³/mol. The van der Waals surface area contributed by atoms with Crippen molar-refractivity contribution in [1.82, 2.24) is 0 Å². The van der Waals surface area contributed by atoms with Crippen LogP contribution in [0.25, 0.3) is 0 Å². The van der Waals surface area contributed by atoms with Gasteiger partial charge in [-0.2, -0.15) is 0 Å². The number of methoxy groups -OCH3 is 1. The summed E-state index contributed by atoms with van der Waals surface area (Å²) in [5.74, 6) is -2.32. The Labute approximate surface area is 220 Å². The fraction of sp³-hybridized carbons (Fsp3) is 0.0400. The molecular weight excluding hydrogens is 529 g/mol. The molecule has 0 atom stereocenters. The van der Waals surface area contributed by atoms with Gasteiger partial charge in [-0.25, -0.2) is 9.69 Å². The summed E-state index contributed by atoms with van der Waals surface area (Å²) in [5.41, 5.74) is 1.57. The van der Waals surface area contributed by atoms with E-state index in [9.17, 15) is 19.2 Å². The molecule has 0 radical (unpaired) electrons. The van der Waals surface area contributed by atoms with Crippen molar-refractivity contribution in [3.63, 3.8) is 0 Å². The largest absolute Gasteiger partial charge is 0.465 e. The van der Waals surface area contributed by atoms with Crippen molar-refractivity contribution < 1.29 is 23.9 Å². The molecule has 2 N–H and O–H groups in total. The lowest BCUT2D eigenvalue weighted by molar-refractivity contribution is -0.120. The van der Waals surface area contributed by atoms with Crippen molar-refractivity contribution in [2.45, 2.75) is 0 Å². The second-order valence-corrected chi connectivity index (χ2v) is 8.60. The van der Waals surface area contributed by atoms with Crippen LogP contribution in [0.4, 0.5) is 17.1 Å². The van der Waals surface area contributed by atoms with Gasteiger partial charge in [-0.15, -0.1) is 0 Å². The first-order valence-corrected chi connectivity index (χ1v) is 11.4. The minimum absolute atomic E-state index is 0.0434. The lowest BCUT2D eigenvalue weighted by Crippen LogP contribution is -2.32. The SMILES string of the molecule is COC(=O)c1ccc(NC(=O)c2ccc(NC3=C(Cl)C(=O)N(c4cccc(Cl)c4Cl)C3=O)cc2)cc1. The van der Waals surface area contributed by atoms with Crippen molar-refractivity contribution >= 4 is 75.6 Å². The van der Waals surface area contributed by atoms with Crippen LogP contribution in [-0.4, -0.2) is 30.8 Å². The Morgan fingerprint density at radius 2 is 1.42 bits per heavy atom. The Morgan fingerprint density at radius 1 is 0.806 bits per heavy atom. The van der Waals surface area contributed by atoms with E-state index >= 15 is 0 Å². The number of nitrogens with one attached hydrogen (secondary N) is 2. The fourth-order valence-corrected chi connectivity index (χ4v) is 3.95. The highest BCUT2D eigenvalue weighted by atomic mass is 35.5. The van der Waals surface area contributed by atoms with Crippen LogP contribution in [0.1, 0.15) is 20.7 Å². The number of carbonyl (C=O) groups is 4. The van der Waals surface area contributed by atoms with E-state index in [1.54, 1.807) is 30.3 Å². The van der Waals surface area contributed by atoms with Crippen molar-refractivity contribution in [3.8, 4) is 0 Å². The number of esters is 1. The number of hydrogen-bond donors (Lipinski definition) is 2. The van der Waals surface area contributed by atoms with Crippen molar-refractivity contribution in [1.29, 1.82) is 0 Å². The summed E-state index contributed by atoms with van der Waals surface area (Å²) >= 11 is 18.3. The molecule has 0 spiro atoms. The third-order valence-corrected chi connectivity index (χ3v) is 6.34. The first-order chi connectivity index (χ1) is 17.2. The molecule has 0 saturated heterocycles. The molecule has 3 aromatic rings. The van der Waals surface area contributed by atoms with Gasteiger partial charge in [0.15, 0.2) is 0 Å². The molecule has 0 unspecified atom stereocenters. The number of anilines is 3. The van der Waals surface area contributed by atoms with Gasteiger partial charge in [-0.05, 0) is 60.7 Å². The Hall–Kier alpha value is -3.85. The molecule has 0 saturated carbocycles. The normalized spacial score (nSPS) is 13.2. The van der Waals surface area contributed by atoms with Gasteiger partial charge in [-0.1, -0.05) is 40.9 Å². The van der Waals surface area contributed by atoms with E-state index in [-0.39, 0.29) is 26.5 Å². The molecule has 11 heteroatoms. The number of nitrogens with zero attached hydrogens (tertiary/aromatic N) is 1. The predicted octanol–water partition coefficient (Wildman–Crippen LogP) is 5.47. The second-order valence-electron chi connectivity index (χ2n) is 7.43. The molecule has 0 bridgehead atoms. The Balaban J connectivity index is 1.46. The lowest BCUT2D eigenvalue weighted by atomic mass is 10.1. The Morgan fingerprint density at radius 3 is 2.06 bits per heavy atom. The van der Waals surface area contributed by atoms with E-state index in [0.717, 1.165) is 4.90 Å². The van der Waals surface area contributed by atoms with Gasteiger partial charge in [-0.3, -0.25) is 14.4 Å². The zero-order valence-corrected chi connectivity index (χ0v) is 20.7. The van der Waals surface area contributed by atoms with Gasteiger partial charge in [0, 0.05) is 16.9 Å². The smallest absolute Gasteiger partial charge is 0.337 e. The number of halogens is 3. The molecule has 1 heterocycles. The van der Waals surface area contributed by atoms with E-state index in [0.29, 0.717) is 22.5 Å². The third kappa shape index (κ3) is 4.92. The Kier molecular flexibility index (Phi) is 7.30. The number of amides is 3. The first kappa shape index (κ1) is 25.2. The van der Waals surface area contributed by atoms with E-state index in [1.165, 1.54) is 43.5 Å². The number of rotatable bonds is 6. The maximum Gasteiger partial charge on any atom is 0.337 e. The van der Waals surface area contributed by atoms with Crippen molar-refractivity contribution in [3.05, 3.63) is 98.6 Å². The highest BCUT2D eigenvalue weighted by Gasteiger charge is 2.40. The summed E-state index contributed by atoms with van der Waals surface area (Å²) in [6.07, 6.45) is 0. The summed E-state index contributed by atoms with van der Waals surface area (Å²) in [7, 11) is 1.28. The number of carbonyl (C=O) groups excluding carboxylic acids is 4. The molecule has 0 aromatic heterocycles. The fourth-order valence-electron chi connectivity index (χ4n) is 3.36. The molecular formula is C25H16Cl3N3O5. The van der Waals surface area contributed by atoms with Gasteiger partial charge in [0.05, 0.1) is 28.4 Å². The zero-order valence-electron chi connectivity index (χ0n) is 18.5. The molecule has 0 fully saturated rings. The Bertz CT molecular complexity index is 1420. The summed E-state index contributed by atoms with van der Waals surface area (Å²) in [6, 6.07) is 17.0. The van der Waals surface area contributed by atoms with E-state index in [1.807, 2.05) is 0 Å².